The van der Waals surface area contributed by atoms with Crippen LogP contribution in [0.15, 0.2) is 29.2 Å². The number of nitrogens with two attached hydrogens (primary N) is 1. The molecule has 1 aromatic rings. The lowest BCUT2D eigenvalue weighted by atomic mass is 10.3. The molecule has 0 radical (unpaired) electrons. The molecule has 0 spiro atoms. The Morgan fingerprint density at radius 3 is 2.39 bits per heavy atom. The Hall–Kier alpha value is -1.54. The largest absolute Gasteiger partial charge is 0.341 e. The maximum atomic E-state index is 12.4. The molecular formula is C10H12F2N2O3S. The number of hydrogen-bond donors (Lipinski definition) is 2. The zero-order valence-electron chi connectivity index (χ0n) is 9.43. The standard InChI is InChI=1S/C10H12F2N2O3S/c1-6(13)9(15)14-7-4-2-3-5-8(7)18(16,17)10(11)12/h2-6,10H,13H2,1H3,(H,14,15). The third-order valence-electron chi connectivity index (χ3n) is 2.10. The zero-order chi connectivity index (χ0) is 13.9. The molecule has 0 aliphatic rings. The van der Waals surface area contributed by atoms with Crippen LogP contribution in [0.25, 0.3) is 0 Å². The molecule has 5 nitrogen and oxygen atoms in total. The average Bonchev–Trinajstić information content (AvgIpc) is 2.29. The molecule has 0 fully saturated rings. The Labute approximate surface area is 103 Å². The highest BCUT2D eigenvalue weighted by atomic mass is 32.2. The average molecular weight is 278 g/mol. The number of amides is 1. The molecule has 0 aliphatic heterocycles. The summed E-state index contributed by atoms with van der Waals surface area (Å²) in [6, 6.07) is 4.04. The molecule has 8 heteroatoms. The van der Waals surface area contributed by atoms with Crippen LogP contribution in [0.3, 0.4) is 0 Å². The fraction of sp³-hybridized carbons (Fsp3) is 0.300. The van der Waals surface area contributed by atoms with E-state index in [4.69, 9.17) is 5.73 Å². The highest BCUT2D eigenvalue weighted by molar-refractivity contribution is 7.91. The summed E-state index contributed by atoms with van der Waals surface area (Å²) in [6.45, 7) is 1.39. The van der Waals surface area contributed by atoms with Crippen LogP contribution in [0, 0.1) is 0 Å². The van der Waals surface area contributed by atoms with Gasteiger partial charge in [0.1, 0.15) is 0 Å². The van der Waals surface area contributed by atoms with Gasteiger partial charge < -0.3 is 11.1 Å². The van der Waals surface area contributed by atoms with E-state index in [9.17, 15) is 22.0 Å². The van der Waals surface area contributed by atoms with Crippen LogP contribution in [0.1, 0.15) is 6.92 Å². The smallest absolute Gasteiger partial charge is 0.324 e. The zero-order valence-corrected chi connectivity index (χ0v) is 10.2. The molecule has 0 aliphatic carbocycles. The number of sulfone groups is 1. The van der Waals surface area contributed by atoms with E-state index in [1.807, 2.05) is 0 Å². The Balaban J connectivity index is 3.20. The number of anilines is 1. The molecule has 1 aromatic carbocycles. The van der Waals surface area contributed by atoms with Crippen molar-refractivity contribution in [1.29, 1.82) is 0 Å². The number of rotatable bonds is 4. The van der Waals surface area contributed by atoms with E-state index in [0.717, 1.165) is 6.07 Å². The lowest BCUT2D eigenvalue weighted by Crippen LogP contribution is -2.33. The summed E-state index contributed by atoms with van der Waals surface area (Å²) >= 11 is 0. The summed E-state index contributed by atoms with van der Waals surface area (Å²) in [4.78, 5) is 10.7. The first-order chi connectivity index (χ1) is 8.26. The third kappa shape index (κ3) is 3.02. The van der Waals surface area contributed by atoms with Crippen LogP contribution in [0.5, 0.6) is 0 Å². The van der Waals surface area contributed by atoms with Gasteiger partial charge in [-0.05, 0) is 19.1 Å². The molecule has 1 atom stereocenters. The first kappa shape index (κ1) is 14.5. The monoisotopic (exact) mass is 278 g/mol. The first-order valence-electron chi connectivity index (χ1n) is 4.94. The van der Waals surface area contributed by atoms with Crippen molar-refractivity contribution in [2.45, 2.75) is 23.6 Å². The fourth-order valence-electron chi connectivity index (χ4n) is 1.16. The molecule has 18 heavy (non-hydrogen) atoms. The minimum Gasteiger partial charge on any atom is -0.324 e. The van der Waals surface area contributed by atoms with Gasteiger partial charge in [0.15, 0.2) is 0 Å². The van der Waals surface area contributed by atoms with Crippen LogP contribution in [0.4, 0.5) is 14.5 Å². The summed E-state index contributed by atoms with van der Waals surface area (Å²) in [6.07, 6.45) is 0. The van der Waals surface area contributed by atoms with Crippen molar-refractivity contribution in [2.24, 2.45) is 5.73 Å². The van der Waals surface area contributed by atoms with Crippen molar-refractivity contribution in [2.75, 3.05) is 5.32 Å². The van der Waals surface area contributed by atoms with Crippen LogP contribution in [0.2, 0.25) is 0 Å². The summed E-state index contributed by atoms with van der Waals surface area (Å²) < 4.78 is 47.6. The lowest BCUT2D eigenvalue weighted by molar-refractivity contribution is -0.117. The molecule has 0 saturated heterocycles. The van der Waals surface area contributed by atoms with E-state index in [-0.39, 0.29) is 5.69 Å². The highest BCUT2D eigenvalue weighted by Gasteiger charge is 2.29. The summed E-state index contributed by atoms with van der Waals surface area (Å²) in [5.74, 6) is -4.21. The third-order valence-corrected chi connectivity index (χ3v) is 3.54. The second kappa shape index (κ2) is 5.40. The van der Waals surface area contributed by atoms with Gasteiger partial charge in [0.2, 0.25) is 15.7 Å². The summed E-state index contributed by atoms with van der Waals surface area (Å²) in [5, 5.41) is 2.19. The number of para-hydroxylation sites is 1. The predicted octanol–water partition coefficient (Wildman–Crippen LogP) is 0.969. The van der Waals surface area contributed by atoms with Crippen LogP contribution in [-0.4, -0.2) is 26.1 Å². The van der Waals surface area contributed by atoms with E-state index < -0.39 is 32.4 Å². The molecule has 1 amide bonds. The molecule has 1 rings (SSSR count). The number of halogens is 2. The molecular weight excluding hydrogens is 266 g/mol. The van der Waals surface area contributed by atoms with Gasteiger partial charge in [-0.3, -0.25) is 4.79 Å². The summed E-state index contributed by atoms with van der Waals surface area (Å²) in [5.41, 5.74) is 5.08. The number of alkyl halides is 2. The Morgan fingerprint density at radius 2 is 1.89 bits per heavy atom. The Kier molecular flexibility index (Phi) is 4.36. The molecule has 0 heterocycles. The molecule has 0 bridgehead atoms. The Morgan fingerprint density at radius 1 is 1.33 bits per heavy atom. The van der Waals surface area contributed by atoms with Crippen molar-refractivity contribution in [3.05, 3.63) is 24.3 Å². The number of nitrogens with one attached hydrogen (secondary N) is 1. The normalized spacial score (nSPS) is 13.4. The predicted molar refractivity (Wildman–Crippen MR) is 61.9 cm³/mol. The van der Waals surface area contributed by atoms with E-state index >= 15 is 0 Å². The van der Waals surface area contributed by atoms with Crippen molar-refractivity contribution in [3.8, 4) is 0 Å². The molecule has 3 N–H and O–H groups in total. The fourth-order valence-corrected chi connectivity index (χ4v) is 2.05. The number of carbonyl (C=O) groups excluding carboxylic acids is 1. The van der Waals surface area contributed by atoms with Gasteiger partial charge in [0.25, 0.3) is 0 Å². The SMILES string of the molecule is CC(N)C(=O)Nc1ccccc1S(=O)(=O)C(F)F. The van der Waals surface area contributed by atoms with E-state index in [1.54, 1.807) is 0 Å². The molecule has 0 aromatic heterocycles. The van der Waals surface area contributed by atoms with E-state index in [2.05, 4.69) is 5.32 Å². The minimum absolute atomic E-state index is 0.208. The Bertz CT molecular complexity index is 544. The van der Waals surface area contributed by atoms with E-state index in [1.165, 1.54) is 25.1 Å². The lowest BCUT2D eigenvalue weighted by Gasteiger charge is -2.12. The van der Waals surface area contributed by atoms with Crippen molar-refractivity contribution < 1.29 is 22.0 Å². The van der Waals surface area contributed by atoms with Crippen LogP contribution in [-0.2, 0) is 14.6 Å². The van der Waals surface area contributed by atoms with Crippen LogP contribution >= 0.6 is 0 Å². The van der Waals surface area contributed by atoms with Crippen molar-refractivity contribution >= 4 is 21.4 Å². The number of carbonyl (C=O) groups is 1. The van der Waals surface area contributed by atoms with Crippen molar-refractivity contribution in [3.63, 3.8) is 0 Å². The van der Waals surface area contributed by atoms with Gasteiger partial charge in [-0.25, -0.2) is 8.42 Å². The number of hydrogen-bond acceptors (Lipinski definition) is 4. The second-order valence-corrected chi connectivity index (χ2v) is 5.47. The van der Waals surface area contributed by atoms with Gasteiger partial charge in [-0.2, -0.15) is 8.78 Å². The van der Waals surface area contributed by atoms with E-state index in [0.29, 0.717) is 0 Å². The minimum atomic E-state index is -4.77. The maximum absolute atomic E-state index is 12.4. The van der Waals surface area contributed by atoms with Gasteiger partial charge in [-0.1, -0.05) is 12.1 Å². The highest BCUT2D eigenvalue weighted by Crippen LogP contribution is 2.25. The van der Waals surface area contributed by atoms with Gasteiger partial charge in [0.05, 0.1) is 16.6 Å². The second-order valence-electron chi connectivity index (χ2n) is 3.58. The van der Waals surface area contributed by atoms with Gasteiger partial charge >= 0.3 is 5.76 Å². The molecule has 100 valence electrons. The first-order valence-corrected chi connectivity index (χ1v) is 6.49. The quantitative estimate of drug-likeness (QED) is 0.858. The summed E-state index contributed by atoms with van der Waals surface area (Å²) in [7, 11) is -4.77. The molecule has 0 saturated carbocycles. The topological polar surface area (TPSA) is 89.3 Å². The van der Waals surface area contributed by atoms with Gasteiger partial charge in [0, 0.05) is 0 Å². The number of benzene rings is 1. The maximum Gasteiger partial charge on any atom is 0.341 e. The van der Waals surface area contributed by atoms with Crippen molar-refractivity contribution in [1.82, 2.24) is 0 Å². The van der Waals surface area contributed by atoms with Gasteiger partial charge in [-0.15, -0.1) is 0 Å². The van der Waals surface area contributed by atoms with Crippen LogP contribution < -0.4 is 11.1 Å². The molecule has 1 unspecified atom stereocenters.